The highest BCUT2D eigenvalue weighted by Crippen LogP contribution is 2.29. The summed E-state index contributed by atoms with van der Waals surface area (Å²) >= 11 is 0. The van der Waals surface area contributed by atoms with Crippen LogP contribution in [0.2, 0.25) is 0 Å². The maximum absolute atomic E-state index is 5.75. The van der Waals surface area contributed by atoms with Gasteiger partial charge in [0.1, 0.15) is 0 Å². The van der Waals surface area contributed by atoms with Crippen LogP contribution in [0.4, 0.5) is 0 Å². The molecule has 0 radical (unpaired) electrons. The minimum atomic E-state index is 0.777. The van der Waals surface area contributed by atoms with E-state index in [2.05, 4.69) is 36.3 Å². The van der Waals surface area contributed by atoms with Gasteiger partial charge in [0, 0.05) is 18.3 Å². The van der Waals surface area contributed by atoms with E-state index in [9.17, 15) is 0 Å². The molecule has 94 valence electrons. The molecular formula is C14H22N2O. The maximum atomic E-state index is 5.75. The molecule has 1 aromatic rings. The molecule has 1 saturated carbocycles. The summed E-state index contributed by atoms with van der Waals surface area (Å²) in [6.07, 6.45) is 3.59. The van der Waals surface area contributed by atoms with Crippen molar-refractivity contribution < 1.29 is 4.74 Å². The molecule has 1 aromatic heterocycles. The van der Waals surface area contributed by atoms with E-state index in [0.717, 1.165) is 43.6 Å². The van der Waals surface area contributed by atoms with Crippen LogP contribution in [0.15, 0.2) is 12.1 Å². The second kappa shape index (κ2) is 6.01. The van der Waals surface area contributed by atoms with E-state index < -0.39 is 0 Å². The molecule has 1 aliphatic rings. The molecule has 1 heterocycles. The van der Waals surface area contributed by atoms with Crippen LogP contribution in [-0.2, 0) is 13.0 Å². The molecule has 0 spiro atoms. The predicted octanol–water partition coefficient (Wildman–Crippen LogP) is 2.54. The van der Waals surface area contributed by atoms with Crippen molar-refractivity contribution in [1.82, 2.24) is 10.3 Å². The van der Waals surface area contributed by atoms with Crippen molar-refractivity contribution >= 4 is 0 Å². The van der Waals surface area contributed by atoms with E-state index in [-0.39, 0.29) is 0 Å². The van der Waals surface area contributed by atoms with Crippen LogP contribution >= 0.6 is 0 Å². The predicted molar refractivity (Wildman–Crippen MR) is 69.2 cm³/mol. The smallest absolute Gasteiger partial charge is 0.213 e. The number of ether oxygens (including phenoxy) is 1. The first-order valence-corrected chi connectivity index (χ1v) is 6.65. The highest BCUT2D eigenvalue weighted by molar-refractivity contribution is 5.25. The molecule has 1 aliphatic carbocycles. The summed E-state index contributed by atoms with van der Waals surface area (Å²) < 4.78 is 5.75. The van der Waals surface area contributed by atoms with Gasteiger partial charge in [0.25, 0.3) is 0 Å². The average Bonchev–Trinajstić information content (AvgIpc) is 3.17. The summed E-state index contributed by atoms with van der Waals surface area (Å²) in [6, 6.07) is 4.22. The van der Waals surface area contributed by atoms with E-state index >= 15 is 0 Å². The molecule has 17 heavy (non-hydrogen) atoms. The van der Waals surface area contributed by atoms with E-state index in [4.69, 9.17) is 4.74 Å². The van der Waals surface area contributed by atoms with Crippen molar-refractivity contribution in [1.29, 1.82) is 0 Å². The van der Waals surface area contributed by atoms with Gasteiger partial charge in [-0.2, -0.15) is 0 Å². The van der Waals surface area contributed by atoms with Gasteiger partial charge >= 0.3 is 0 Å². The summed E-state index contributed by atoms with van der Waals surface area (Å²) in [5.41, 5.74) is 2.38. The summed E-state index contributed by atoms with van der Waals surface area (Å²) in [5, 5.41) is 3.34. The Morgan fingerprint density at radius 1 is 1.35 bits per heavy atom. The fraction of sp³-hybridized carbons (Fsp3) is 0.643. The van der Waals surface area contributed by atoms with Gasteiger partial charge in [0.05, 0.1) is 6.61 Å². The van der Waals surface area contributed by atoms with Crippen LogP contribution in [-0.4, -0.2) is 18.1 Å². The Bertz CT molecular complexity index is 361. The minimum Gasteiger partial charge on any atom is -0.477 e. The third-order valence-electron chi connectivity index (χ3n) is 3.02. The first-order chi connectivity index (χ1) is 8.31. The van der Waals surface area contributed by atoms with Gasteiger partial charge in [0.15, 0.2) is 0 Å². The Morgan fingerprint density at radius 2 is 2.18 bits per heavy atom. The molecule has 0 atom stereocenters. The van der Waals surface area contributed by atoms with Crippen molar-refractivity contribution in [3.8, 4) is 5.88 Å². The Balaban J connectivity index is 2.00. The zero-order chi connectivity index (χ0) is 12.1. The summed E-state index contributed by atoms with van der Waals surface area (Å²) in [6.45, 7) is 6.96. The lowest BCUT2D eigenvalue weighted by atomic mass is 10.2. The van der Waals surface area contributed by atoms with Gasteiger partial charge in [-0.1, -0.05) is 13.8 Å². The third-order valence-corrected chi connectivity index (χ3v) is 3.02. The molecule has 0 bridgehead atoms. The monoisotopic (exact) mass is 234 g/mol. The normalized spacial score (nSPS) is 14.9. The van der Waals surface area contributed by atoms with Crippen LogP contribution in [0.5, 0.6) is 5.88 Å². The Labute approximate surface area is 104 Å². The summed E-state index contributed by atoms with van der Waals surface area (Å²) in [5.74, 6) is 1.57. The SMILES string of the molecule is CCNCc1cc(CC)nc(OCC2CC2)c1. The number of nitrogens with zero attached hydrogens (tertiary/aromatic N) is 1. The molecule has 0 aromatic carbocycles. The fourth-order valence-electron chi connectivity index (χ4n) is 1.73. The van der Waals surface area contributed by atoms with Crippen molar-refractivity contribution in [2.45, 2.75) is 39.7 Å². The van der Waals surface area contributed by atoms with Gasteiger partial charge in [-0.15, -0.1) is 0 Å². The third kappa shape index (κ3) is 4.00. The number of hydrogen-bond acceptors (Lipinski definition) is 3. The van der Waals surface area contributed by atoms with E-state index in [0.29, 0.717) is 0 Å². The van der Waals surface area contributed by atoms with Crippen LogP contribution in [0, 0.1) is 5.92 Å². The average molecular weight is 234 g/mol. The fourth-order valence-corrected chi connectivity index (χ4v) is 1.73. The van der Waals surface area contributed by atoms with Gasteiger partial charge < -0.3 is 10.1 Å². The molecule has 3 heteroatoms. The second-order valence-corrected chi connectivity index (χ2v) is 4.69. The number of aryl methyl sites for hydroxylation is 1. The molecule has 0 unspecified atom stereocenters. The van der Waals surface area contributed by atoms with Crippen molar-refractivity contribution in [3.05, 3.63) is 23.4 Å². The van der Waals surface area contributed by atoms with Gasteiger partial charge in [-0.3, -0.25) is 0 Å². The second-order valence-electron chi connectivity index (χ2n) is 4.69. The first kappa shape index (κ1) is 12.4. The van der Waals surface area contributed by atoms with Gasteiger partial charge in [0.2, 0.25) is 5.88 Å². The lowest BCUT2D eigenvalue weighted by molar-refractivity contribution is 0.287. The lowest BCUT2D eigenvalue weighted by Crippen LogP contribution is -2.12. The number of pyridine rings is 1. The molecule has 2 rings (SSSR count). The highest BCUT2D eigenvalue weighted by atomic mass is 16.5. The summed E-state index contributed by atoms with van der Waals surface area (Å²) in [4.78, 5) is 4.51. The number of nitrogens with one attached hydrogen (secondary N) is 1. The van der Waals surface area contributed by atoms with Crippen molar-refractivity contribution in [2.75, 3.05) is 13.2 Å². The zero-order valence-electron chi connectivity index (χ0n) is 10.8. The minimum absolute atomic E-state index is 0.777. The van der Waals surface area contributed by atoms with E-state index in [1.54, 1.807) is 0 Å². The van der Waals surface area contributed by atoms with E-state index in [1.807, 2.05) is 0 Å². The summed E-state index contributed by atoms with van der Waals surface area (Å²) in [7, 11) is 0. The highest BCUT2D eigenvalue weighted by Gasteiger charge is 2.22. The van der Waals surface area contributed by atoms with E-state index in [1.165, 1.54) is 18.4 Å². The number of aromatic nitrogens is 1. The lowest BCUT2D eigenvalue weighted by Gasteiger charge is -2.09. The van der Waals surface area contributed by atoms with Crippen LogP contribution in [0.1, 0.15) is 37.9 Å². The Hall–Kier alpha value is -1.09. The van der Waals surface area contributed by atoms with Gasteiger partial charge in [-0.25, -0.2) is 4.98 Å². The molecular weight excluding hydrogens is 212 g/mol. The quantitative estimate of drug-likeness (QED) is 0.787. The van der Waals surface area contributed by atoms with Crippen molar-refractivity contribution in [2.24, 2.45) is 5.92 Å². The molecule has 0 aliphatic heterocycles. The Morgan fingerprint density at radius 3 is 2.82 bits per heavy atom. The molecule has 0 saturated heterocycles. The number of rotatable bonds is 7. The largest absolute Gasteiger partial charge is 0.477 e. The first-order valence-electron chi connectivity index (χ1n) is 6.65. The molecule has 1 fully saturated rings. The van der Waals surface area contributed by atoms with Crippen LogP contribution < -0.4 is 10.1 Å². The molecule has 1 N–H and O–H groups in total. The maximum Gasteiger partial charge on any atom is 0.213 e. The Kier molecular flexibility index (Phi) is 4.37. The molecule has 0 amide bonds. The number of hydrogen-bond donors (Lipinski definition) is 1. The van der Waals surface area contributed by atoms with Crippen LogP contribution in [0.3, 0.4) is 0 Å². The topological polar surface area (TPSA) is 34.2 Å². The zero-order valence-corrected chi connectivity index (χ0v) is 10.8. The van der Waals surface area contributed by atoms with Gasteiger partial charge in [-0.05, 0) is 43.4 Å². The standard InChI is InChI=1S/C14H22N2O/c1-3-13-7-12(9-15-4-2)8-14(16-13)17-10-11-5-6-11/h7-8,11,15H,3-6,9-10H2,1-2H3. The van der Waals surface area contributed by atoms with Crippen molar-refractivity contribution in [3.63, 3.8) is 0 Å². The molecule has 3 nitrogen and oxygen atoms in total. The van der Waals surface area contributed by atoms with Crippen LogP contribution in [0.25, 0.3) is 0 Å².